The fraction of sp³-hybridized carbons (Fsp3) is 1.00. The highest BCUT2D eigenvalue weighted by atomic mass is 28.4. The van der Waals surface area contributed by atoms with Gasteiger partial charge in [0.1, 0.15) is 0 Å². The Kier molecular flexibility index (Phi) is 9.14. The van der Waals surface area contributed by atoms with Gasteiger partial charge in [0.2, 0.25) is 0 Å². The number of aliphatic hydroxyl groups is 1. The molecule has 0 aromatic rings. The van der Waals surface area contributed by atoms with Crippen LogP contribution >= 0.6 is 0 Å². The summed E-state index contributed by atoms with van der Waals surface area (Å²) in [6.07, 6.45) is 8.18. The van der Waals surface area contributed by atoms with E-state index in [0.29, 0.717) is 12.5 Å². The lowest BCUT2D eigenvalue weighted by Crippen LogP contribution is -2.33. The van der Waals surface area contributed by atoms with Crippen molar-refractivity contribution in [3.05, 3.63) is 0 Å². The van der Waals surface area contributed by atoms with E-state index in [1.165, 1.54) is 38.5 Å². The van der Waals surface area contributed by atoms with E-state index in [-0.39, 0.29) is 0 Å². The van der Waals surface area contributed by atoms with Crippen molar-refractivity contribution < 1.29 is 14.3 Å². The minimum Gasteiger partial charge on any atom is -0.417 e. The first-order valence-electron chi connectivity index (χ1n) is 13.4. The van der Waals surface area contributed by atoms with Gasteiger partial charge in [-0.3, -0.25) is 0 Å². The zero-order valence-electron chi connectivity index (χ0n) is 21.6. The number of hydrogen-bond acceptors (Lipinski definition) is 3. The molecule has 5 fully saturated rings. The molecule has 4 saturated carbocycles. The Morgan fingerprint density at radius 1 is 0.742 bits per heavy atom. The van der Waals surface area contributed by atoms with Crippen molar-refractivity contribution in [1.29, 1.82) is 0 Å². The molecular weight excluding hydrogens is 400 g/mol. The Balaban J connectivity index is 0.000000148. The van der Waals surface area contributed by atoms with Crippen molar-refractivity contribution in [2.45, 2.75) is 85.9 Å². The van der Waals surface area contributed by atoms with Crippen molar-refractivity contribution in [3.8, 4) is 0 Å². The maximum absolute atomic E-state index is 9.09. The molecule has 0 aromatic carbocycles. The molecule has 10 unspecified atom stereocenters. The van der Waals surface area contributed by atoms with Crippen LogP contribution in [0.5, 0.6) is 0 Å². The van der Waals surface area contributed by atoms with Gasteiger partial charge < -0.3 is 14.3 Å². The van der Waals surface area contributed by atoms with Crippen LogP contribution in [0.3, 0.4) is 0 Å². The molecule has 0 spiro atoms. The third kappa shape index (κ3) is 6.37. The van der Waals surface area contributed by atoms with Crippen LogP contribution in [0.1, 0.15) is 66.2 Å². The lowest BCUT2D eigenvalue weighted by Gasteiger charge is -2.33. The Morgan fingerprint density at radius 2 is 1.23 bits per heavy atom. The maximum atomic E-state index is 9.09. The molecule has 1 heterocycles. The Bertz CT molecular complexity index is 527. The highest BCUT2D eigenvalue weighted by Gasteiger charge is 2.49. The first-order valence-corrected chi connectivity index (χ1v) is 16.9. The van der Waals surface area contributed by atoms with E-state index in [4.69, 9.17) is 14.3 Å². The van der Waals surface area contributed by atoms with Gasteiger partial charge in [-0.05, 0) is 117 Å². The largest absolute Gasteiger partial charge is 0.417 e. The van der Waals surface area contributed by atoms with Crippen molar-refractivity contribution in [2.24, 2.45) is 59.2 Å². The van der Waals surface area contributed by atoms with Crippen LogP contribution < -0.4 is 0 Å². The molecule has 0 amide bonds. The van der Waals surface area contributed by atoms with E-state index >= 15 is 0 Å². The first kappa shape index (κ1) is 25.7. The van der Waals surface area contributed by atoms with Gasteiger partial charge in [0.05, 0.1) is 0 Å². The molecule has 4 aliphatic carbocycles. The second kappa shape index (κ2) is 11.0. The maximum Gasteiger partial charge on any atom is 0.183 e. The number of fused-ring (bicyclic) bond motifs is 4. The topological polar surface area (TPSA) is 38.7 Å². The quantitative estimate of drug-likeness (QED) is 0.497. The van der Waals surface area contributed by atoms with Gasteiger partial charge in [-0.1, -0.05) is 27.7 Å². The number of hydrogen-bond donors (Lipinski definition) is 1. The molecule has 1 N–H and O–H groups in total. The summed E-state index contributed by atoms with van der Waals surface area (Å²) in [7, 11) is -1.29. The molecular formula is C27H52O3Si. The number of ether oxygens (including phenoxy) is 1. The van der Waals surface area contributed by atoms with Crippen LogP contribution in [0.15, 0.2) is 0 Å². The van der Waals surface area contributed by atoms with Crippen molar-refractivity contribution >= 4 is 8.32 Å². The van der Waals surface area contributed by atoms with E-state index in [9.17, 15) is 0 Å². The summed E-state index contributed by atoms with van der Waals surface area (Å²) in [6.45, 7) is 20.0. The first-order chi connectivity index (χ1) is 14.6. The average Bonchev–Trinajstić information content (AvgIpc) is 3.53. The third-order valence-corrected chi connectivity index (χ3v) is 10.9. The van der Waals surface area contributed by atoms with Crippen LogP contribution in [-0.2, 0) is 9.16 Å². The standard InChI is InChI=1S/C13H26OSi.C10H18O.C4H8O/c1-9-10(2)13-7-11(9)6-12(13)8-14-15(3,4)5;1-6-7(2)10-4-8(6)3-9(10)5-11;1-2-4-5-3-1/h9-13H,6-8H2,1-5H3;6-11H,3-5H2,1-2H3;1-4H2. The monoisotopic (exact) mass is 452 g/mol. The molecule has 3 nitrogen and oxygen atoms in total. The smallest absolute Gasteiger partial charge is 0.183 e. The van der Waals surface area contributed by atoms with Crippen LogP contribution in [0.4, 0.5) is 0 Å². The average molecular weight is 453 g/mol. The summed E-state index contributed by atoms with van der Waals surface area (Å²) < 4.78 is 11.0. The van der Waals surface area contributed by atoms with Crippen LogP contribution in [0.25, 0.3) is 0 Å². The summed E-state index contributed by atoms with van der Waals surface area (Å²) in [6, 6.07) is 0. The molecule has 10 atom stereocenters. The van der Waals surface area contributed by atoms with Gasteiger partial charge in [-0.15, -0.1) is 0 Å². The van der Waals surface area contributed by atoms with Crippen LogP contribution in [-0.4, -0.2) is 39.9 Å². The van der Waals surface area contributed by atoms with Gasteiger partial charge in [0.25, 0.3) is 0 Å². The molecule has 1 aliphatic heterocycles. The fourth-order valence-corrected chi connectivity index (χ4v) is 8.17. The zero-order chi connectivity index (χ0) is 22.8. The van der Waals surface area contributed by atoms with Gasteiger partial charge in [-0.2, -0.15) is 0 Å². The molecule has 182 valence electrons. The second-order valence-corrected chi connectivity index (χ2v) is 17.2. The minimum atomic E-state index is -1.29. The second-order valence-electron chi connectivity index (χ2n) is 12.7. The predicted molar refractivity (Wildman–Crippen MR) is 133 cm³/mol. The van der Waals surface area contributed by atoms with Crippen LogP contribution in [0, 0.1) is 59.2 Å². The lowest BCUT2D eigenvalue weighted by atomic mass is 9.76. The van der Waals surface area contributed by atoms with E-state index in [1.54, 1.807) is 0 Å². The van der Waals surface area contributed by atoms with Crippen molar-refractivity contribution in [3.63, 3.8) is 0 Å². The van der Waals surface area contributed by atoms with Gasteiger partial charge in [0.15, 0.2) is 8.32 Å². The van der Waals surface area contributed by atoms with Crippen molar-refractivity contribution in [1.82, 2.24) is 0 Å². The molecule has 1 saturated heterocycles. The molecule has 4 heteroatoms. The number of aliphatic hydroxyl groups excluding tert-OH is 1. The Hall–Kier alpha value is 0.0969. The Morgan fingerprint density at radius 3 is 1.58 bits per heavy atom. The highest BCUT2D eigenvalue weighted by Crippen LogP contribution is 2.55. The van der Waals surface area contributed by atoms with E-state index in [1.807, 2.05) is 0 Å². The zero-order valence-corrected chi connectivity index (χ0v) is 22.6. The van der Waals surface area contributed by atoms with E-state index in [0.717, 1.165) is 73.1 Å². The molecule has 5 aliphatic rings. The number of rotatable bonds is 4. The fourth-order valence-electron chi connectivity index (χ4n) is 7.46. The van der Waals surface area contributed by atoms with Gasteiger partial charge >= 0.3 is 0 Å². The normalized spacial score (nSPS) is 45.3. The van der Waals surface area contributed by atoms with E-state index in [2.05, 4.69) is 47.3 Å². The summed E-state index contributed by atoms with van der Waals surface area (Å²) >= 11 is 0. The van der Waals surface area contributed by atoms with Gasteiger partial charge in [0, 0.05) is 26.4 Å². The molecule has 0 aromatic heterocycles. The summed E-state index contributed by atoms with van der Waals surface area (Å²) in [5.41, 5.74) is 0. The van der Waals surface area contributed by atoms with Crippen molar-refractivity contribution in [2.75, 3.05) is 26.4 Å². The van der Waals surface area contributed by atoms with E-state index < -0.39 is 8.32 Å². The Labute approximate surface area is 194 Å². The SMILES string of the molecule is C1CCOC1.CC1C2CC(CO)C(C2)C1C.CC1C2CC(CO[Si](C)(C)C)C(C2)C1C. The molecule has 0 radical (unpaired) electrons. The van der Waals surface area contributed by atoms with Crippen LogP contribution in [0.2, 0.25) is 19.6 Å². The third-order valence-electron chi connectivity index (χ3n) is 9.86. The predicted octanol–water partition coefficient (Wildman–Crippen LogP) is 6.47. The minimum absolute atomic E-state index is 0.429. The lowest BCUT2D eigenvalue weighted by molar-refractivity contribution is 0.121. The summed E-state index contributed by atoms with van der Waals surface area (Å²) in [4.78, 5) is 0. The van der Waals surface area contributed by atoms with Gasteiger partial charge in [-0.25, -0.2) is 0 Å². The summed E-state index contributed by atoms with van der Waals surface area (Å²) in [5.74, 6) is 9.00. The molecule has 4 bridgehead atoms. The summed E-state index contributed by atoms with van der Waals surface area (Å²) in [5, 5.41) is 9.09. The highest BCUT2D eigenvalue weighted by molar-refractivity contribution is 6.69. The molecule has 5 rings (SSSR count). The molecule has 31 heavy (non-hydrogen) atoms.